The standard InChI is InChI=1S/C15H19N3O/c1-11-6-5-7-13(10-16)14(11)17-12(2)15(19)18-8-3-4-9-18/h5-7,12,17H,3-4,8-9H2,1-2H3. The molecule has 2 rings (SSSR count). The first-order chi connectivity index (χ1) is 9.13. The van der Waals surface area contributed by atoms with E-state index in [1.165, 1.54) is 0 Å². The molecule has 1 aliphatic heterocycles. The summed E-state index contributed by atoms with van der Waals surface area (Å²) >= 11 is 0. The average molecular weight is 257 g/mol. The van der Waals surface area contributed by atoms with Crippen LogP contribution in [0.2, 0.25) is 0 Å². The monoisotopic (exact) mass is 257 g/mol. The molecule has 4 nitrogen and oxygen atoms in total. The summed E-state index contributed by atoms with van der Waals surface area (Å²) < 4.78 is 0. The number of hydrogen-bond acceptors (Lipinski definition) is 3. The number of nitrogens with one attached hydrogen (secondary N) is 1. The smallest absolute Gasteiger partial charge is 0.244 e. The Morgan fingerprint density at radius 2 is 2.11 bits per heavy atom. The van der Waals surface area contributed by atoms with Gasteiger partial charge in [-0.3, -0.25) is 4.79 Å². The van der Waals surface area contributed by atoms with Gasteiger partial charge >= 0.3 is 0 Å². The van der Waals surface area contributed by atoms with Gasteiger partial charge in [-0.2, -0.15) is 5.26 Å². The van der Waals surface area contributed by atoms with E-state index >= 15 is 0 Å². The summed E-state index contributed by atoms with van der Waals surface area (Å²) in [5.41, 5.74) is 2.34. The van der Waals surface area contributed by atoms with E-state index in [0.29, 0.717) is 5.56 Å². The van der Waals surface area contributed by atoms with Gasteiger partial charge in [0, 0.05) is 13.1 Å². The number of benzene rings is 1. The normalized spacial score (nSPS) is 15.9. The lowest BCUT2D eigenvalue weighted by molar-refractivity contribution is -0.130. The minimum atomic E-state index is -0.300. The highest BCUT2D eigenvalue weighted by molar-refractivity contribution is 5.85. The van der Waals surface area contributed by atoms with Crippen molar-refractivity contribution < 1.29 is 4.79 Å². The highest BCUT2D eigenvalue weighted by Gasteiger charge is 2.23. The van der Waals surface area contributed by atoms with Crippen molar-refractivity contribution in [1.29, 1.82) is 5.26 Å². The fourth-order valence-corrected chi connectivity index (χ4v) is 2.44. The first-order valence-corrected chi connectivity index (χ1v) is 6.68. The van der Waals surface area contributed by atoms with Gasteiger partial charge in [0.25, 0.3) is 0 Å². The van der Waals surface area contributed by atoms with E-state index in [0.717, 1.165) is 37.2 Å². The van der Waals surface area contributed by atoms with Gasteiger partial charge in [0.15, 0.2) is 0 Å². The van der Waals surface area contributed by atoms with Gasteiger partial charge < -0.3 is 10.2 Å². The molecule has 0 aliphatic carbocycles. The topological polar surface area (TPSA) is 56.1 Å². The molecule has 1 aromatic rings. The predicted molar refractivity (Wildman–Crippen MR) is 74.8 cm³/mol. The van der Waals surface area contributed by atoms with Crippen LogP contribution in [0.3, 0.4) is 0 Å². The molecule has 0 radical (unpaired) electrons. The summed E-state index contributed by atoms with van der Waals surface area (Å²) in [6.07, 6.45) is 2.18. The van der Waals surface area contributed by atoms with Crippen LogP contribution in [0.25, 0.3) is 0 Å². The van der Waals surface area contributed by atoms with Crippen molar-refractivity contribution in [2.75, 3.05) is 18.4 Å². The molecule has 1 heterocycles. The van der Waals surface area contributed by atoms with E-state index < -0.39 is 0 Å². The maximum Gasteiger partial charge on any atom is 0.244 e. The number of nitrogens with zero attached hydrogens (tertiary/aromatic N) is 2. The maximum atomic E-state index is 12.2. The summed E-state index contributed by atoms with van der Waals surface area (Å²) in [5.74, 6) is 0.115. The van der Waals surface area contributed by atoms with Gasteiger partial charge in [0.2, 0.25) is 5.91 Å². The molecule has 1 atom stereocenters. The SMILES string of the molecule is Cc1cccc(C#N)c1NC(C)C(=O)N1CCCC1. The third-order valence-electron chi connectivity index (χ3n) is 3.54. The molecular formula is C15H19N3O. The van der Waals surface area contributed by atoms with Gasteiger partial charge in [-0.05, 0) is 38.3 Å². The molecule has 1 aromatic carbocycles. The summed E-state index contributed by atoms with van der Waals surface area (Å²) in [6, 6.07) is 7.42. The van der Waals surface area contributed by atoms with Crippen LogP contribution in [0, 0.1) is 18.3 Å². The van der Waals surface area contributed by atoms with Crippen LogP contribution >= 0.6 is 0 Å². The Morgan fingerprint density at radius 1 is 1.42 bits per heavy atom. The zero-order valence-electron chi connectivity index (χ0n) is 11.4. The molecule has 1 fully saturated rings. The number of carbonyl (C=O) groups is 1. The minimum absolute atomic E-state index is 0.115. The maximum absolute atomic E-state index is 12.2. The van der Waals surface area contributed by atoms with Crippen molar-refractivity contribution in [1.82, 2.24) is 4.90 Å². The number of aryl methyl sites for hydroxylation is 1. The molecule has 100 valence electrons. The molecule has 0 saturated carbocycles. The van der Waals surface area contributed by atoms with Crippen molar-refractivity contribution >= 4 is 11.6 Å². The first-order valence-electron chi connectivity index (χ1n) is 6.68. The lowest BCUT2D eigenvalue weighted by atomic mass is 10.1. The number of nitriles is 1. The largest absolute Gasteiger partial charge is 0.373 e. The Kier molecular flexibility index (Phi) is 4.06. The van der Waals surface area contributed by atoms with E-state index in [1.807, 2.05) is 30.9 Å². The third kappa shape index (κ3) is 2.87. The number of likely N-dealkylation sites (tertiary alicyclic amines) is 1. The quantitative estimate of drug-likeness (QED) is 0.904. The summed E-state index contributed by atoms with van der Waals surface area (Å²) in [7, 11) is 0. The predicted octanol–water partition coefficient (Wildman–Crippen LogP) is 2.29. The van der Waals surface area contributed by atoms with Gasteiger partial charge in [0.05, 0.1) is 11.3 Å². The minimum Gasteiger partial charge on any atom is -0.373 e. The number of hydrogen-bond donors (Lipinski definition) is 1. The molecule has 1 amide bonds. The molecule has 0 spiro atoms. The van der Waals surface area contributed by atoms with Crippen molar-refractivity contribution in [3.63, 3.8) is 0 Å². The fraction of sp³-hybridized carbons (Fsp3) is 0.467. The Morgan fingerprint density at radius 3 is 2.74 bits per heavy atom. The van der Waals surface area contributed by atoms with E-state index in [4.69, 9.17) is 5.26 Å². The van der Waals surface area contributed by atoms with Crippen LogP contribution in [0.4, 0.5) is 5.69 Å². The van der Waals surface area contributed by atoms with Crippen LogP contribution < -0.4 is 5.32 Å². The molecule has 1 saturated heterocycles. The second kappa shape index (κ2) is 5.75. The van der Waals surface area contributed by atoms with Crippen LogP contribution in [-0.2, 0) is 4.79 Å². The van der Waals surface area contributed by atoms with Crippen LogP contribution in [0.1, 0.15) is 30.9 Å². The van der Waals surface area contributed by atoms with Gasteiger partial charge in [-0.1, -0.05) is 12.1 Å². The third-order valence-corrected chi connectivity index (χ3v) is 3.54. The van der Waals surface area contributed by atoms with Gasteiger partial charge in [-0.15, -0.1) is 0 Å². The van der Waals surface area contributed by atoms with E-state index in [9.17, 15) is 4.79 Å². The Balaban J connectivity index is 2.12. The Labute approximate surface area is 114 Å². The van der Waals surface area contributed by atoms with Crippen LogP contribution in [0.5, 0.6) is 0 Å². The molecule has 1 N–H and O–H groups in total. The average Bonchev–Trinajstić information content (AvgIpc) is 2.94. The van der Waals surface area contributed by atoms with Gasteiger partial charge in [0.1, 0.15) is 12.1 Å². The molecule has 19 heavy (non-hydrogen) atoms. The van der Waals surface area contributed by atoms with Crippen molar-refractivity contribution in [3.05, 3.63) is 29.3 Å². The number of amides is 1. The number of anilines is 1. The molecule has 4 heteroatoms. The molecule has 0 bridgehead atoms. The first kappa shape index (κ1) is 13.4. The van der Waals surface area contributed by atoms with Crippen molar-refractivity contribution in [3.8, 4) is 6.07 Å². The van der Waals surface area contributed by atoms with E-state index in [-0.39, 0.29) is 11.9 Å². The van der Waals surface area contributed by atoms with Crippen molar-refractivity contribution in [2.45, 2.75) is 32.7 Å². The number of rotatable bonds is 3. The summed E-state index contributed by atoms with van der Waals surface area (Å²) in [6.45, 7) is 5.50. The van der Waals surface area contributed by atoms with Gasteiger partial charge in [-0.25, -0.2) is 0 Å². The lowest BCUT2D eigenvalue weighted by Crippen LogP contribution is -2.39. The summed E-state index contributed by atoms with van der Waals surface area (Å²) in [5, 5.41) is 12.3. The zero-order valence-corrected chi connectivity index (χ0v) is 11.4. The molecule has 0 aromatic heterocycles. The fourth-order valence-electron chi connectivity index (χ4n) is 2.44. The zero-order chi connectivity index (χ0) is 13.8. The van der Waals surface area contributed by atoms with Crippen LogP contribution in [-0.4, -0.2) is 29.9 Å². The molecule has 1 aliphatic rings. The second-order valence-corrected chi connectivity index (χ2v) is 5.01. The Bertz CT molecular complexity index is 513. The summed E-state index contributed by atoms with van der Waals surface area (Å²) in [4.78, 5) is 14.1. The molecular weight excluding hydrogens is 238 g/mol. The highest BCUT2D eigenvalue weighted by atomic mass is 16.2. The lowest BCUT2D eigenvalue weighted by Gasteiger charge is -2.23. The Hall–Kier alpha value is -2.02. The molecule has 1 unspecified atom stereocenters. The highest BCUT2D eigenvalue weighted by Crippen LogP contribution is 2.21. The van der Waals surface area contributed by atoms with E-state index in [2.05, 4.69) is 11.4 Å². The number of carbonyl (C=O) groups excluding carboxylic acids is 1. The number of para-hydroxylation sites is 1. The van der Waals surface area contributed by atoms with Crippen LogP contribution in [0.15, 0.2) is 18.2 Å². The van der Waals surface area contributed by atoms with E-state index in [1.54, 1.807) is 6.07 Å². The second-order valence-electron chi connectivity index (χ2n) is 5.01. The van der Waals surface area contributed by atoms with Crippen molar-refractivity contribution in [2.24, 2.45) is 0 Å².